The first kappa shape index (κ1) is 12.2. The number of ether oxygens (including phenoxy) is 1. The number of hydrogen-bond acceptors (Lipinski definition) is 3. The number of fused-ring (bicyclic) bond motifs is 2. The van der Waals surface area contributed by atoms with E-state index < -0.39 is 5.54 Å². The van der Waals surface area contributed by atoms with Crippen LogP contribution >= 0.6 is 0 Å². The minimum absolute atomic E-state index is 0.0884. The number of rotatable bonds is 2. The van der Waals surface area contributed by atoms with E-state index in [2.05, 4.69) is 22.5 Å². The highest BCUT2D eigenvalue weighted by atomic mass is 16.5. The smallest absolute Gasteiger partial charge is 0.259 e. The summed E-state index contributed by atoms with van der Waals surface area (Å²) in [6.07, 6.45) is 0.946. The van der Waals surface area contributed by atoms with Crippen molar-refractivity contribution >= 4 is 11.9 Å². The van der Waals surface area contributed by atoms with Gasteiger partial charge in [0, 0.05) is 6.54 Å². The van der Waals surface area contributed by atoms with Crippen LogP contribution in [0.3, 0.4) is 0 Å². The van der Waals surface area contributed by atoms with Gasteiger partial charge in [-0.1, -0.05) is 31.2 Å². The molecule has 0 saturated carbocycles. The Bertz CT molecular complexity index is 541. The maximum atomic E-state index is 12.4. The maximum Gasteiger partial charge on any atom is 0.259 e. The first-order valence-corrected chi connectivity index (χ1v) is 6.56. The van der Waals surface area contributed by atoms with Crippen molar-refractivity contribution in [2.24, 2.45) is 4.99 Å². The van der Waals surface area contributed by atoms with Gasteiger partial charge in [0.25, 0.3) is 5.91 Å². The van der Waals surface area contributed by atoms with Gasteiger partial charge in [0.15, 0.2) is 11.5 Å². The Morgan fingerprint density at radius 2 is 2.26 bits per heavy atom. The molecule has 2 N–H and O–H groups in total. The number of hydrogen-bond donors (Lipinski definition) is 2. The molecule has 1 unspecified atom stereocenters. The molecule has 2 aliphatic rings. The summed E-state index contributed by atoms with van der Waals surface area (Å²) in [7, 11) is 0. The third-order valence-corrected chi connectivity index (χ3v) is 3.50. The van der Waals surface area contributed by atoms with Crippen molar-refractivity contribution in [3.63, 3.8) is 0 Å². The summed E-state index contributed by atoms with van der Waals surface area (Å²) in [5, 5.41) is 6.02. The molecule has 5 nitrogen and oxygen atoms in total. The van der Waals surface area contributed by atoms with Crippen LogP contribution in [-0.2, 0) is 21.7 Å². The highest BCUT2D eigenvalue weighted by Gasteiger charge is 2.49. The molecule has 1 atom stereocenters. The standard InChI is InChI=1S/C14H17N3O2/c1-2-7-15-13-16-12(18)14(17-13)9-19-8-10-5-3-4-6-11(10)14/h3-6H,2,7-9H2,1H3,(H2,15,16,17,18). The van der Waals surface area contributed by atoms with E-state index in [4.69, 9.17) is 4.74 Å². The quantitative estimate of drug-likeness (QED) is 0.829. The van der Waals surface area contributed by atoms with Crippen molar-refractivity contribution in [1.29, 1.82) is 0 Å². The fourth-order valence-corrected chi connectivity index (χ4v) is 2.55. The predicted molar refractivity (Wildman–Crippen MR) is 71.6 cm³/mol. The lowest BCUT2D eigenvalue weighted by Crippen LogP contribution is -2.50. The largest absolute Gasteiger partial charge is 0.373 e. The lowest BCUT2D eigenvalue weighted by molar-refractivity contribution is -0.127. The van der Waals surface area contributed by atoms with E-state index in [0.717, 1.165) is 17.5 Å². The Balaban J connectivity index is 1.99. The van der Waals surface area contributed by atoms with Crippen LogP contribution in [0, 0.1) is 0 Å². The van der Waals surface area contributed by atoms with Crippen molar-refractivity contribution in [3.8, 4) is 0 Å². The molecule has 1 saturated heterocycles. The van der Waals surface area contributed by atoms with Gasteiger partial charge in [-0.15, -0.1) is 0 Å². The second-order valence-electron chi connectivity index (χ2n) is 4.86. The topological polar surface area (TPSA) is 62.7 Å². The molecule has 2 aliphatic heterocycles. The molecule has 2 heterocycles. The van der Waals surface area contributed by atoms with E-state index in [1.165, 1.54) is 0 Å². The number of nitrogens with one attached hydrogen (secondary N) is 2. The number of carbonyl (C=O) groups excluding carboxylic acids is 1. The van der Waals surface area contributed by atoms with Crippen molar-refractivity contribution in [2.45, 2.75) is 25.5 Å². The van der Waals surface area contributed by atoms with Gasteiger partial charge in [0.05, 0.1) is 13.2 Å². The zero-order chi connectivity index (χ0) is 13.3. The molecule has 19 heavy (non-hydrogen) atoms. The van der Waals surface area contributed by atoms with E-state index in [9.17, 15) is 4.79 Å². The van der Waals surface area contributed by atoms with Crippen molar-refractivity contribution < 1.29 is 9.53 Å². The van der Waals surface area contributed by atoms with E-state index in [0.29, 0.717) is 25.7 Å². The zero-order valence-electron chi connectivity index (χ0n) is 10.9. The summed E-state index contributed by atoms with van der Waals surface area (Å²) >= 11 is 0. The summed E-state index contributed by atoms with van der Waals surface area (Å²) in [5.41, 5.74) is 1.22. The average Bonchev–Trinajstić information content (AvgIpc) is 2.74. The van der Waals surface area contributed by atoms with Crippen LogP contribution in [0.5, 0.6) is 0 Å². The van der Waals surface area contributed by atoms with Gasteiger partial charge in [0.1, 0.15) is 0 Å². The summed E-state index contributed by atoms with van der Waals surface area (Å²) < 4.78 is 5.58. The first-order valence-electron chi connectivity index (χ1n) is 6.56. The van der Waals surface area contributed by atoms with Gasteiger partial charge in [-0.3, -0.25) is 15.1 Å². The van der Waals surface area contributed by atoms with E-state index >= 15 is 0 Å². The Kier molecular flexibility index (Phi) is 2.98. The Labute approximate surface area is 112 Å². The normalized spacial score (nSPS) is 27.2. The highest BCUT2D eigenvalue weighted by molar-refractivity contribution is 6.09. The van der Waals surface area contributed by atoms with Crippen LogP contribution in [0.2, 0.25) is 0 Å². The van der Waals surface area contributed by atoms with Crippen molar-refractivity contribution in [1.82, 2.24) is 10.6 Å². The zero-order valence-corrected chi connectivity index (χ0v) is 10.9. The number of amides is 1. The molecule has 1 amide bonds. The lowest BCUT2D eigenvalue weighted by atomic mass is 9.85. The number of aliphatic imine (C=N–C) groups is 1. The van der Waals surface area contributed by atoms with Gasteiger partial charge < -0.3 is 10.1 Å². The van der Waals surface area contributed by atoms with Crippen molar-refractivity contribution in [3.05, 3.63) is 35.4 Å². The Hall–Kier alpha value is -1.88. The minimum atomic E-state index is -0.818. The van der Waals surface area contributed by atoms with E-state index in [-0.39, 0.29) is 5.91 Å². The van der Waals surface area contributed by atoms with Gasteiger partial charge in [0.2, 0.25) is 0 Å². The Morgan fingerprint density at radius 3 is 3.11 bits per heavy atom. The molecule has 0 aliphatic carbocycles. The van der Waals surface area contributed by atoms with E-state index in [1.54, 1.807) is 0 Å². The third-order valence-electron chi connectivity index (χ3n) is 3.50. The van der Waals surface area contributed by atoms with Crippen LogP contribution in [0.25, 0.3) is 0 Å². The minimum Gasteiger partial charge on any atom is -0.373 e. The van der Waals surface area contributed by atoms with Crippen molar-refractivity contribution in [2.75, 3.05) is 13.2 Å². The van der Waals surface area contributed by atoms with Crippen LogP contribution in [0.1, 0.15) is 24.5 Å². The molecule has 3 rings (SSSR count). The van der Waals surface area contributed by atoms with Crippen LogP contribution in [0.4, 0.5) is 0 Å². The average molecular weight is 259 g/mol. The summed E-state index contributed by atoms with van der Waals surface area (Å²) in [6.45, 7) is 3.63. The SMILES string of the molecule is CCCN=C1NC(=O)C2(COCc3ccccc32)N1. The monoisotopic (exact) mass is 259 g/mol. The predicted octanol–water partition coefficient (Wildman–Crippen LogP) is 0.897. The molecule has 5 heteroatoms. The van der Waals surface area contributed by atoms with Gasteiger partial charge in [-0.25, -0.2) is 0 Å². The summed E-state index contributed by atoms with van der Waals surface area (Å²) in [4.78, 5) is 16.7. The second-order valence-corrected chi connectivity index (χ2v) is 4.86. The lowest BCUT2D eigenvalue weighted by Gasteiger charge is -2.32. The molecule has 1 fully saturated rings. The molecule has 0 bridgehead atoms. The number of benzene rings is 1. The summed E-state index contributed by atoms with van der Waals surface area (Å²) in [5.74, 6) is 0.460. The molecule has 0 radical (unpaired) electrons. The fraction of sp³-hybridized carbons (Fsp3) is 0.429. The molecular formula is C14H17N3O2. The molecule has 1 aromatic carbocycles. The van der Waals surface area contributed by atoms with Gasteiger partial charge in [-0.2, -0.15) is 0 Å². The molecule has 1 aromatic rings. The second kappa shape index (κ2) is 4.66. The molecule has 100 valence electrons. The van der Waals surface area contributed by atoms with Crippen LogP contribution < -0.4 is 10.6 Å². The maximum absolute atomic E-state index is 12.4. The number of guanidine groups is 1. The number of carbonyl (C=O) groups is 1. The molecular weight excluding hydrogens is 242 g/mol. The van der Waals surface area contributed by atoms with Crippen LogP contribution in [0.15, 0.2) is 29.3 Å². The summed E-state index contributed by atoms with van der Waals surface area (Å²) in [6, 6.07) is 7.88. The Morgan fingerprint density at radius 1 is 1.42 bits per heavy atom. The highest BCUT2D eigenvalue weighted by Crippen LogP contribution is 2.32. The van der Waals surface area contributed by atoms with Crippen LogP contribution in [-0.4, -0.2) is 25.0 Å². The van der Waals surface area contributed by atoms with Gasteiger partial charge >= 0.3 is 0 Å². The first-order chi connectivity index (χ1) is 9.26. The number of nitrogens with zero attached hydrogens (tertiary/aromatic N) is 1. The van der Waals surface area contributed by atoms with E-state index in [1.807, 2.05) is 24.3 Å². The fourth-order valence-electron chi connectivity index (χ4n) is 2.55. The molecule has 0 aromatic heterocycles. The third kappa shape index (κ3) is 1.90. The molecule has 1 spiro atoms. The van der Waals surface area contributed by atoms with Gasteiger partial charge in [-0.05, 0) is 17.5 Å².